The van der Waals surface area contributed by atoms with Crippen LogP contribution in [-0.2, 0) is 0 Å². The van der Waals surface area contributed by atoms with Crippen LogP contribution < -0.4 is 0 Å². The smallest absolute Gasteiger partial charge is 0.000968 e. The number of rotatable bonds is 5. The minimum atomic E-state index is 0.321. The van der Waals surface area contributed by atoms with Gasteiger partial charge in [0.05, 0.1) is 0 Å². The van der Waals surface area contributed by atoms with E-state index in [9.17, 15) is 0 Å². The molecule has 0 aromatic rings. The summed E-state index contributed by atoms with van der Waals surface area (Å²) in [6.45, 7) is 15.2. The van der Waals surface area contributed by atoms with Gasteiger partial charge in [-0.25, -0.2) is 0 Å². The molecular weight excluding hydrogens is 164 g/mol. The van der Waals surface area contributed by atoms with Crippen LogP contribution in [0.5, 0.6) is 0 Å². The molecule has 12 heavy (non-hydrogen) atoms. The Hall–Kier alpha value is 0.0900. The first-order chi connectivity index (χ1) is 5.36. The Balaban J connectivity index is 3.69. The lowest BCUT2D eigenvalue weighted by molar-refractivity contribution is 0.435. The predicted octanol–water partition coefficient (Wildman–Crippen LogP) is 4.12. The predicted molar refractivity (Wildman–Crippen MR) is 60.8 cm³/mol. The summed E-state index contributed by atoms with van der Waals surface area (Å²) in [7, 11) is 0. The summed E-state index contributed by atoms with van der Waals surface area (Å²) in [6.07, 6.45) is 1.24. The average molecular weight is 186 g/mol. The number of thioether (sulfide) groups is 1. The summed E-state index contributed by atoms with van der Waals surface area (Å²) >= 11 is 2.03. The van der Waals surface area contributed by atoms with E-state index in [4.69, 9.17) is 0 Å². The highest BCUT2D eigenvalue weighted by molar-refractivity contribution is 7.99. The van der Waals surface area contributed by atoms with E-state index >= 15 is 0 Å². The van der Waals surface area contributed by atoms with Crippen LogP contribution in [-0.4, -0.2) is 11.0 Å². The van der Waals surface area contributed by atoms with Gasteiger partial charge in [-0.3, -0.25) is 0 Å². The van der Waals surface area contributed by atoms with Crippen molar-refractivity contribution in [2.45, 2.75) is 46.3 Å². The van der Waals surface area contributed by atoms with E-state index in [0.29, 0.717) is 5.41 Å². The maximum absolute atomic E-state index is 4.02. The van der Waals surface area contributed by atoms with Crippen molar-refractivity contribution in [3.63, 3.8) is 0 Å². The first kappa shape index (κ1) is 12.1. The van der Waals surface area contributed by atoms with E-state index in [1.807, 2.05) is 11.8 Å². The van der Waals surface area contributed by atoms with Crippen LogP contribution >= 0.6 is 11.8 Å². The van der Waals surface area contributed by atoms with E-state index in [1.165, 1.54) is 17.7 Å². The lowest BCUT2D eigenvalue weighted by Gasteiger charge is -2.25. The molecule has 0 N–H and O–H groups in total. The third-order valence-electron chi connectivity index (χ3n) is 2.33. The van der Waals surface area contributed by atoms with E-state index in [2.05, 4.69) is 41.2 Å². The maximum atomic E-state index is 4.02. The summed E-state index contributed by atoms with van der Waals surface area (Å²) in [6, 6.07) is 0. The molecule has 0 unspecified atom stereocenters. The van der Waals surface area contributed by atoms with E-state index in [-0.39, 0.29) is 0 Å². The van der Waals surface area contributed by atoms with Crippen molar-refractivity contribution >= 4 is 11.8 Å². The number of hydrogen-bond donors (Lipinski definition) is 0. The monoisotopic (exact) mass is 186 g/mol. The van der Waals surface area contributed by atoms with Crippen molar-refractivity contribution in [3.8, 4) is 0 Å². The molecule has 0 heterocycles. The topological polar surface area (TPSA) is 0 Å². The van der Waals surface area contributed by atoms with Crippen molar-refractivity contribution in [1.82, 2.24) is 0 Å². The molecule has 0 aliphatic carbocycles. The van der Waals surface area contributed by atoms with Gasteiger partial charge in [0.1, 0.15) is 0 Å². The Labute approximate surface area is 81.8 Å². The molecule has 0 bridgehead atoms. The van der Waals surface area contributed by atoms with Gasteiger partial charge in [-0.05, 0) is 29.8 Å². The highest BCUT2D eigenvalue weighted by atomic mass is 32.2. The average Bonchev–Trinajstić information content (AvgIpc) is 1.85. The molecule has 0 amide bonds. The van der Waals surface area contributed by atoms with E-state index < -0.39 is 0 Å². The van der Waals surface area contributed by atoms with Gasteiger partial charge in [-0.1, -0.05) is 39.8 Å². The summed E-state index contributed by atoms with van der Waals surface area (Å²) in [4.78, 5) is 0. The molecule has 0 aromatic heterocycles. The molecule has 0 rings (SSSR count). The molecule has 72 valence electrons. The first-order valence-corrected chi connectivity index (χ1v) is 5.68. The normalized spacial score (nSPS) is 12.2. The Kier molecular flexibility index (Phi) is 5.00. The Morgan fingerprint density at radius 1 is 1.42 bits per heavy atom. The van der Waals surface area contributed by atoms with Crippen LogP contribution in [0.4, 0.5) is 0 Å². The SMILES string of the molecule is C=C(C)C(C)(C)CCSC(C)C. The van der Waals surface area contributed by atoms with E-state index in [0.717, 1.165) is 5.25 Å². The Morgan fingerprint density at radius 3 is 2.25 bits per heavy atom. The molecule has 0 saturated carbocycles. The molecule has 0 fully saturated rings. The fraction of sp³-hybridized carbons (Fsp3) is 0.818. The fourth-order valence-corrected chi connectivity index (χ4v) is 1.86. The van der Waals surface area contributed by atoms with Gasteiger partial charge in [0.25, 0.3) is 0 Å². The minimum Gasteiger partial charge on any atom is -0.159 e. The van der Waals surface area contributed by atoms with Gasteiger partial charge in [-0.2, -0.15) is 11.8 Å². The standard InChI is InChI=1S/C11H22S/c1-9(2)11(5,6)7-8-12-10(3)4/h10H,1,7-8H2,2-6H3. The molecule has 0 aliphatic rings. The zero-order chi connectivity index (χ0) is 9.78. The highest BCUT2D eigenvalue weighted by Crippen LogP contribution is 2.30. The molecule has 0 atom stereocenters. The second kappa shape index (κ2) is 4.96. The number of allylic oxidation sites excluding steroid dienone is 1. The maximum Gasteiger partial charge on any atom is -0.000968 e. The molecule has 0 nitrogen and oxygen atoms in total. The van der Waals surface area contributed by atoms with Gasteiger partial charge in [0.2, 0.25) is 0 Å². The lowest BCUT2D eigenvalue weighted by Crippen LogP contribution is -2.13. The summed E-state index contributed by atoms with van der Waals surface area (Å²) in [5.74, 6) is 1.25. The van der Waals surface area contributed by atoms with Crippen molar-refractivity contribution in [2.24, 2.45) is 5.41 Å². The van der Waals surface area contributed by atoms with Crippen molar-refractivity contribution in [2.75, 3.05) is 5.75 Å². The van der Waals surface area contributed by atoms with Gasteiger partial charge in [-0.15, -0.1) is 0 Å². The van der Waals surface area contributed by atoms with Crippen LogP contribution in [0.25, 0.3) is 0 Å². The molecule has 0 radical (unpaired) electrons. The second-order valence-electron chi connectivity index (χ2n) is 4.33. The largest absolute Gasteiger partial charge is 0.159 e. The van der Waals surface area contributed by atoms with Crippen molar-refractivity contribution in [1.29, 1.82) is 0 Å². The quantitative estimate of drug-likeness (QED) is 0.582. The van der Waals surface area contributed by atoms with Gasteiger partial charge < -0.3 is 0 Å². The molecule has 1 heteroatoms. The second-order valence-corrected chi connectivity index (χ2v) is 6.02. The Morgan fingerprint density at radius 2 is 1.92 bits per heavy atom. The number of hydrogen-bond acceptors (Lipinski definition) is 1. The van der Waals surface area contributed by atoms with Crippen molar-refractivity contribution in [3.05, 3.63) is 12.2 Å². The highest BCUT2D eigenvalue weighted by Gasteiger charge is 2.17. The van der Waals surface area contributed by atoms with Crippen LogP contribution in [0, 0.1) is 5.41 Å². The van der Waals surface area contributed by atoms with Crippen LogP contribution in [0.15, 0.2) is 12.2 Å². The zero-order valence-electron chi connectivity index (χ0n) is 9.11. The molecule has 0 saturated heterocycles. The molecular formula is C11H22S. The van der Waals surface area contributed by atoms with Crippen molar-refractivity contribution < 1.29 is 0 Å². The van der Waals surface area contributed by atoms with Crippen LogP contribution in [0.3, 0.4) is 0 Å². The van der Waals surface area contributed by atoms with Crippen LogP contribution in [0.2, 0.25) is 0 Å². The molecule has 0 aliphatic heterocycles. The Bertz CT molecular complexity index is 145. The zero-order valence-corrected chi connectivity index (χ0v) is 9.92. The fourth-order valence-electron chi connectivity index (χ4n) is 0.763. The van der Waals surface area contributed by atoms with E-state index in [1.54, 1.807) is 0 Å². The summed E-state index contributed by atoms with van der Waals surface area (Å²) < 4.78 is 0. The third kappa shape index (κ3) is 4.87. The molecule has 0 aromatic carbocycles. The third-order valence-corrected chi connectivity index (χ3v) is 3.44. The van der Waals surface area contributed by atoms with Gasteiger partial charge >= 0.3 is 0 Å². The first-order valence-electron chi connectivity index (χ1n) is 4.64. The lowest BCUT2D eigenvalue weighted by atomic mass is 9.84. The minimum absolute atomic E-state index is 0.321. The van der Waals surface area contributed by atoms with Gasteiger partial charge in [0.15, 0.2) is 0 Å². The summed E-state index contributed by atoms with van der Waals surface area (Å²) in [5.41, 5.74) is 1.62. The van der Waals surface area contributed by atoms with Crippen LogP contribution in [0.1, 0.15) is 41.0 Å². The summed E-state index contributed by atoms with van der Waals surface area (Å²) in [5, 5.41) is 0.755. The van der Waals surface area contributed by atoms with Gasteiger partial charge in [0, 0.05) is 0 Å². The molecule has 0 spiro atoms.